The van der Waals surface area contributed by atoms with E-state index in [2.05, 4.69) is 5.32 Å². The minimum absolute atomic E-state index is 0.0187. The highest BCUT2D eigenvalue weighted by atomic mass is 32.2. The molecule has 178 valence electrons. The number of thiophene rings is 1. The lowest BCUT2D eigenvalue weighted by Gasteiger charge is -2.35. The van der Waals surface area contributed by atoms with Gasteiger partial charge >= 0.3 is 11.9 Å². The van der Waals surface area contributed by atoms with Gasteiger partial charge in [0.15, 0.2) is 5.11 Å². The number of ether oxygens (including phenoxy) is 2. The van der Waals surface area contributed by atoms with Gasteiger partial charge in [-0.15, -0.1) is 11.3 Å². The van der Waals surface area contributed by atoms with Crippen molar-refractivity contribution < 1.29 is 31.9 Å². The number of hydrogen-bond acceptors (Lipinski definition) is 8. The molecule has 0 atom stereocenters. The molecule has 1 aliphatic rings. The highest BCUT2D eigenvalue weighted by Gasteiger charge is 2.31. The highest BCUT2D eigenvalue weighted by molar-refractivity contribution is 7.89. The average Bonchev–Trinajstić information content (AvgIpc) is 3.13. The second-order valence-corrected chi connectivity index (χ2v) is 10.4. The van der Waals surface area contributed by atoms with E-state index in [9.17, 15) is 22.4 Å². The fraction of sp³-hybridized carbons (Fsp3) is 0.350. The molecule has 0 unspecified atom stereocenters. The third-order valence-corrected chi connectivity index (χ3v) is 8.57. The first-order valence-electron chi connectivity index (χ1n) is 9.71. The van der Waals surface area contributed by atoms with Crippen LogP contribution in [0.5, 0.6) is 0 Å². The SMILES string of the molecule is COC(=O)c1sc(NC(=S)N2CCN(S(=O)(=O)c3ccc(F)cc3)CC2)c(C(=O)OC)c1C. The average molecular weight is 516 g/mol. The molecule has 0 aliphatic carbocycles. The lowest BCUT2D eigenvalue weighted by Crippen LogP contribution is -2.51. The van der Waals surface area contributed by atoms with Crippen LogP contribution in [-0.2, 0) is 19.5 Å². The van der Waals surface area contributed by atoms with Gasteiger partial charge in [-0.05, 0) is 49.0 Å². The molecule has 9 nitrogen and oxygen atoms in total. The third kappa shape index (κ3) is 5.16. The molecule has 2 heterocycles. The van der Waals surface area contributed by atoms with E-state index in [0.717, 1.165) is 23.5 Å². The molecule has 0 amide bonds. The fourth-order valence-corrected chi connectivity index (χ4v) is 6.18. The van der Waals surface area contributed by atoms with E-state index in [-0.39, 0.29) is 33.5 Å². The molecule has 1 aliphatic heterocycles. The number of piperazine rings is 1. The number of carbonyl (C=O) groups is 2. The molecule has 0 radical (unpaired) electrons. The molecule has 0 saturated carbocycles. The van der Waals surface area contributed by atoms with E-state index in [0.29, 0.717) is 23.7 Å². The van der Waals surface area contributed by atoms with E-state index in [4.69, 9.17) is 21.7 Å². The zero-order chi connectivity index (χ0) is 24.3. The molecule has 1 N–H and O–H groups in total. The van der Waals surface area contributed by atoms with Crippen LogP contribution in [0, 0.1) is 12.7 Å². The van der Waals surface area contributed by atoms with Gasteiger partial charge in [-0.1, -0.05) is 0 Å². The number of methoxy groups -OCH3 is 2. The van der Waals surface area contributed by atoms with Gasteiger partial charge < -0.3 is 19.7 Å². The van der Waals surface area contributed by atoms with Crippen LogP contribution in [0.2, 0.25) is 0 Å². The standard InChI is InChI=1S/C20H22FN3O6S3/c1-12-15(18(25)29-2)17(32-16(12)19(26)30-3)22-20(31)23-8-10-24(11-9-23)33(27,28)14-6-4-13(21)5-7-14/h4-7H,8-11H2,1-3H3,(H,22,31). The van der Waals surface area contributed by atoms with E-state index >= 15 is 0 Å². The van der Waals surface area contributed by atoms with Crippen molar-refractivity contribution in [2.45, 2.75) is 11.8 Å². The molecule has 0 spiro atoms. The van der Waals surface area contributed by atoms with Gasteiger partial charge in [-0.2, -0.15) is 4.31 Å². The number of benzene rings is 1. The zero-order valence-electron chi connectivity index (χ0n) is 18.1. The third-order valence-electron chi connectivity index (χ3n) is 5.10. The summed E-state index contributed by atoms with van der Waals surface area (Å²) in [6.07, 6.45) is 0. The molecular formula is C20H22FN3O6S3. The summed E-state index contributed by atoms with van der Waals surface area (Å²) < 4.78 is 49.6. The summed E-state index contributed by atoms with van der Waals surface area (Å²) in [7, 11) is -1.27. The van der Waals surface area contributed by atoms with Crippen molar-refractivity contribution in [3.05, 3.63) is 46.1 Å². The zero-order valence-corrected chi connectivity index (χ0v) is 20.5. The summed E-state index contributed by atoms with van der Waals surface area (Å²) in [6.45, 7) is 2.55. The van der Waals surface area contributed by atoms with Gasteiger partial charge in [0.25, 0.3) is 0 Å². The van der Waals surface area contributed by atoms with Crippen LogP contribution in [0.15, 0.2) is 29.2 Å². The smallest absolute Gasteiger partial charge is 0.348 e. The summed E-state index contributed by atoms with van der Waals surface area (Å²) in [4.78, 5) is 26.4. The predicted octanol–water partition coefficient (Wildman–Crippen LogP) is 2.47. The number of carbonyl (C=O) groups excluding carboxylic acids is 2. The van der Waals surface area contributed by atoms with Crippen molar-refractivity contribution in [1.29, 1.82) is 0 Å². The van der Waals surface area contributed by atoms with Crippen molar-refractivity contribution in [2.24, 2.45) is 0 Å². The van der Waals surface area contributed by atoms with Gasteiger partial charge in [-0.25, -0.2) is 22.4 Å². The van der Waals surface area contributed by atoms with Crippen LogP contribution in [0.25, 0.3) is 0 Å². The number of hydrogen-bond donors (Lipinski definition) is 1. The molecule has 3 rings (SSSR count). The summed E-state index contributed by atoms with van der Waals surface area (Å²) in [5, 5.41) is 3.60. The van der Waals surface area contributed by atoms with Crippen LogP contribution in [0.4, 0.5) is 9.39 Å². The minimum atomic E-state index is -3.76. The van der Waals surface area contributed by atoms with E-state index in [1.54, 1.807) is 11.8 Å². The summed E-state index contributed by atoms with van der Waals surface area (Å²) in [6, 6.07) is 4.67. The topological polar surface area (TPSA) is 105 Å². The largest absolute Gasteiger partial charge is 0.465 e. The van der Waals surface area contributed by atoms with Crippen molar-refractivity contribution in [3.63, 3.8) is 0 Å². The molecule has 0 bridgehead atoms. The Morgan fingerprint density at radius 1 is 1.06 bits per heavy atom. The Hall–Kier alpha value is -2.61. The monoisotopic (exact) mass is 515 g/mol. The summed E-state index contributed by atoms with van der Waals surface area (Å²) in [5.74, 6) is -1.72. The van der Waals surface area contributed by atoms with Crippen molar-refractivity contribution >= 4 is 55.6 Å². The highest BCUT2D eigenvalue weighted by Crippen LogP contribution is 2.34. The maximum absolute atomic E-state index is 13.1. The molecule has 1 fully saturated rings. The van der Waals surface area contributed by atoms with Gasteiger partial charge in [0.1, 0.15) is 15.7 Å². The molecular weight excluding hydrogens is 493 g/mol. The van der Waals surface area contributed by atoms with Crippen LogP contribution < -0.4 is 5.32 Å². The van der Waals surface area contributed by atoms with E-state index in [1.165, 1.54) is 30.7 Å². The molecule has 2 aromatic rings. The number of halogens is 1. The molecule has 1 aromatic carbocycles. The molecule has 1 saturated heterocycles. The number of nitrogens with zero attached hydrogens (tertiary/aromatic N) is 2. The molecule has 13 heteroatoms. The first-order chi connectivity index (χ1) is 15.6. The maximum atomic E-state index is 13.1. The normalized spacial score (nSPS) is 14.6. The molecule has 1 aromatic heterocycles. The number of rotatable bonds is 5. The minimum Gasteiger partial charge on any atom is -0.465 e. The Morgan fingerprint density at radius 2 is 1.64 bits per heavy atom. The van der Waals surface area contributed by atoms with Crippen LogP contribution >= 0.6 is 23.6 Å². The molecule has 33 heavy (non-hydrogen) atoms. The van der Waals surface area contributed by atoms with Crippen molar-refractivity contribution in [2.75, 3.05) is 45.7 Å². The first kappa shape index (κ1) is 25.0. The van der Waals surface area contributed by atoms with Gasteiger partial charge in [0, 0.05) is 26.2 Å². The quantitative estimate of drug-likeness (QED) is 0.475. The summed E-state index contributed by atoms with van der Waals surface area (Å²) >= 11 is 6.49. The van der Waals surface area contributed by atoms with Gasteiger partial charge in [0.2, 0.25) is 10.0 Å². The second-order valence-electron chi connectivity index (χ2n) is 7.02. The Morgan fingerprint density at radius 3 is 2.18 bits per heavy atom. The fourth-order valence-electron chi connectivity index (χ4n) is 3.30. The number of esters is 2. The second kappa shape index (κ2) is 10.1. The summed E-state index contributed by atoms with van der Waals surface area (Å²) in [5.41, 5.74) is 0.599. The van der Waals surface area contributed by atoms with Crippen molar-refractivity contribution in [1.82, 2.24) is 9.21 Å². The Kier molecular flexibility index (Phi) is 7.67. The first-order valence-corrected chi connectivity index (χ1v) is 12.4. The number of sulfonamides is 1. The Labute approximate surface area is 200 Å². The van der Waals surface area contributed by atoms with Crippen LogP contribution in [0.1, 0.15) is 25.6 Å². The van der Waals surface area contributed by atoms with Gasteiger partial charge in [-0.3, -0.25) is 0 Å². The number of anilines is 1. The Bertz CT molecular complexity index is 1170. The van der Waals surface area contributed by atoms with E-state index in [1.807, 2.05) is 0 Å². The van der Waals surface area contributed by atoms with Crippen molar-refractivity contribution in [3.8, 4) is 0 Å². The van der Waals surface area contributed by atoms with E-state index < -0.39 is 27.8 Å². The van der Waals surface area contributed by atoms with Crippen LogP contribution in [-0.4, -0.2) is 75.1 Å². The lowest BCUT2D eigenvalue weighted by molar-refractivity contribution is 0.0601. The number of nitrogens with one attached hydrogen (secondary N) is 1. The van der Waals surface area contributed by atoms with Crippen LogP contribution in [0.3, 0.4) is 0 Å². The number of thiocarbonyl (C=S) groups is 1. The Balaban J connectivity index is 1.72. The predicted molar refractivity (Wildman–Crippen MR) is 125 cm³/mol. The van der Waals surface area contributed by atoms with Gasteiger partial charge in [0.05, 0.1) is 24.7 Å². The maximum Gasteiger partial charge on any atom is 0.348 e. The lowest BCUT2D eigenvalue weighted by atomic mass is 10.1.